The third-order valence-corrected chi connectivity index (χ3v) is 5.04. The second-order valence-corrected chi connectivity index (χ2v) is 7.17. The number of carbonyl (C=O) groups is 3. The monoisotopic (exact) mass is 425 g/mol. The molecule has 0 aromatic heterocycles. The Kier molecular flexibility index (Phi) is 7.51. The van der Waals surface area contributed by atoms with Crippen LogP contribution < -0.4 is 10.6 Å². The molecule has 30 heavy (non-hydrogen) atoms. The maximum absolute atomic E-state index is 12.4. The number of rotatable bonds is 6. The van der Waals surface area contributed by atoms with Gasteiger partial charge in [0.15, 0.2) is 5.11 Å². The van der Waals surface area contributed by atoms with Crippen molar-refractivity contribution in [3.05, 3.63) is 71.8 Å². The molecule has 1 heterocycles. The normalized spacial score (nSPS) is 15.8. The van der Waals surface area contributed by atoms with Crippen LogP contribution in [0.25, 0.3) is 0 Å². The van der Waals surface area contributed by atoms with E-state index in [0.29, 0.717) is 25.1 Å². The Bertz CT molecular complexity index is 905. The third-order valence-electron chi connectivity index (χ3n) is 4.70. The summed E-state index contributed by atoms with van der Waals surface area (Å²) in [5.74, 6) is -1.18. The van der Waals surface area contributed by atoms with Gasteiger partial charge in [0.2, 0.25) is 5.91 Å². The van der Waals surface area contributed by atoms with E-state index in [4.69, 9.17) is 17.0 Å². The van der Waals surface area contributed by atoms with Crippen LogP contribution in [0.1, 0.15) is 22.3 Å². The van der Waals surface area contributed by atoms with Crippen LogP contribution in [0.5, 0.6) is 0 Å². The molecule has 2 N–H and O–H groups in total. The van der Waals surface area contributed by atoms with Crippen molar-refractivity contribution < 1.29 is 19.1 Å². The lowest BCUT2D eigenvalue weighted by atomic mass is 10.1. The molecule has 1 saturated heterocycles. The fourth-order valence-electron chi connectivity index (χ4n) is 3.14. The Hall–Kier alpha value is -3.26. The Morgan fingerprint density at radius 1 is 1.10 bits per heavy atom. The standard InChI is InChI=1S/C22H23N3O4S/c26-19(29-14-11-16-7-3-1-4-8-16)15-18-21(28)23-12-13-25(18)22(30)24-20(27)17-9-5-2-6-10-17/h1-10,18H,11-15H2,(H,23,28)(H,24,27,30). The molecule has 1 aliphatic rings. The van der Waals surface area contributed by atoms with Gasteiger partial charge in [0.05, 0.1) is 13.0 Å². The highest BCUT2D eigenvalue weighted by molar-refractivity contribution is 7.80. The molecule has 1 atom stereocenters. The quantitative estimate of drug-likeness (QED) is 0.541. The highest BCUT2D eigenvalue weighted by atomic mass is 32.1. The van der Waals surface area contributed by atoms with E-state index in [0.717, 1.165) is 5.56 Å². The molecule has 0 bridgehead atoms. The van der Waals surface area contributed by atoms with Gasteiger partial charge in [-0.1, -0.05) is 48.5 Å². The van der Waals surface area contributed by atoms with E-state index < -0.39 is 12.0 Å². The largest absolute Gasteiger partial charge is 0.465 e. The number of carbonyl (C=O) groups excluding carboxylic acids is 3. The maximum atomic E-state index is 12.4. The van der Waals surface area contributed by atoms with Crippen molar-refractivity contribution in [3.63, 3.8) is 0 Å². The van der Waals surface area contributed by atoms with Crippen molar-refractivity contribution in [1.29, 1.82) is 0 Å². The lowest BCUT2D eigenvalue weighted by Crippen LogP contribution is -2.60. The number of ether oxygens (including phenoxy) is 1. The summed E-state index contributed by atoms with van der Waals surface area (Å²) in [6.07, 6.45) is 0.445. The van der Waals surface area contributed by atoms with E-state index in [1.807, 2.05) is 36.4 Å². The first-order valence-corrected chi connectivity index (χ1v) is 10.1. The van der Waals surface area contributed by atoms with Crippen molar-refractivity contribution in [3.8, 4) is 0 Å². The van der Waals surface area contributed by atoms with Gasteiger partial charge >= 0.3 is 5.97 Å². The topological polar surface area (TPSA) is 87.7 Å². The first-order chi connectivity index (χ1) is 14.5. The van der Waals surface area contributed by atoms with Crippen molar-refractivity contribution >= 4 is 35.1 Å². The number of thiocarbonyl (C=S) groups is 1. The van der Waals surface area contributed by atoms with Crippen LogP contribution in [0.3, 0.4) is 0 Å². The van der Waals surface area contributed by atoms with E-state index in [1.54, 1.807) is 29.2 Å². The molecule has 1 aliphatic heterocycles. The average molecular weight is 426 g/mol. The van der Waals surface area contributed by atoms with Gasteiger partial charge in [-0.25, -0.2) is 0 Å². The summed E-state index contributed by atoms with van der Waals surface area (Å²) in [7, 11) is 0. The second kappa shape index (κ2) is 10.5. The van der Waals surface area contributed by atoms with E-state index in [2.05, 4.69) is 10.6 Å². The van der Waals surface area contributed by atoms with Crippen LogP contribution in [0.15, 0.2) is 60.7 Å². The molecule has 0 aliphatic carbocycles. The predicted octanol–water partition coefficient (Wildman–Crippen LogP) is 1.68. The Balaban J connectivity index is 1.55. The summed E-state index contributed by atoms with van der Waals surface area (Å²) in [5, 5.41) is 5.48. The molecule has 1 unspecified atom stereocenters. The zero-order chi connectivity index (χ0) is 21.3. The average Bonchev–Trinajstić information content (AvgIpc) is 2.76. The lowest BCUT2D eigenvalue weighted by molar-refractivity contribution is -0.147. The molecule has 2 amide bonds. The minimum atomic E-state index is -0.827. The molecule has 156 valence electrons. The number of hydrogen-bond donors (Lipinski definition) is 2. The number of esters is 1. The smallest absolute Gasteiger partial charge is 0.308 e. The molecule has 7 nitrogen and oxygen atoms in total. The van der Waals surface area contributed by atoms with Gasteiger partial charge in [-0.2, -0.15) is 0 Å². The number of hydrogen-bond acceptors (Lipinski definition) is 5. The third kappa shape index (κ3) is 5.87. The van der Waals surface area contributed by atoms with Crippen LogP contribution in [0, 0.1) is 0 Å². The van der Waals surface area contributed by atoms with Crippen LogP contribution in [0.2, 0.25) is 0 Å². The predicted molar refractivity (Wildman–Crippen MR) is 116 cm³/mol. The van der Waals surface area contributed by atoms with Crippen molar-refractivity contribution in [2.24, 2.45) is 0 Å². The SMILES string of the molecule is O=C(CC1C(=O)NCCN1C(=S)NC(=O)c1ccccc1)OCCc1ccccc1. The van der Waals surface area contributed by atoms with Crippen molar-refractivity contribution in [2.75, 3.05) is 19.7 Å². The molecule has 2 aromatic carbocycles. The van der Waals surface area contributed by atoms with Gasteiger partial charge in [0.1, 0.15) is 6.04 Å². The molecule has 2 aromatic rings. The summed E-state index contributed by atoms with van der Waals surface area (Å²) < 4.78 is 5.30. The fourth-order valence-corrected chi connectivity index (χ4v) is 3.45. The number of nitrogens with zero attached hydrogens (tertiary/aromatic N) is 1. The van der Waals surface area contributed by atoms with Gasteiger partial charge in [0, 0.05) is 25.1 Å². The van der Waals surface area contributed by atoms with E-state index in [1.165, 1.54) is 0 Å². The summed E-state index contributed by atoms with van der Waals surface area (Å²) >= 11 is 5.35. The van der Waals surface area contributed by atoms with Gasteiger partial charge in [-0.05, 0) is 29.9 Å². The Morgan fingerprint density at radius 3 is 2.47 bits per heavy atom. The van der Waals surface area contributed by atoms with Crippen LogP contribution in [-0.2, 0) is 20.7 Å². The summed E-state index contributed by atoms with van der Waals surface area (Å²) in [4.78, 5) is 38.6. The molecule has 0 spiro atoms. The highest BCUT2D eigenvalue weighted by Gasteiger charge is 2.34. The fraction of sp³-hybridized carbons (Fsp3) is 0.273. The van der Waals surface area contributed by atoms with Gasteiger partial charge in [-0.15, -0.1) is 0 Å². The number of nitrogens with one attached hydrogen (secondary N) is 2. The molecule has 0 saturated carbocycles. The number of piperazine rings is 1. The molecule has 1 fully saturated rings. The van der Waals surface area contributed by atoms with Gasteiger partial charge in [-0.3, -0.25) is 19.7 Å². The molecule has 3 rings (SSSR count). The Morgan fingerprint density at radius 2 is 1.77 bits per heavy atom. The number of benzene rings is 2. The van der Waals surface area contributed by atoms with E-state index in [9.17, 15) is 14.4 Å². The zero-order valence-corrected chi connectivity index (χ0v) is 17.2. The molecule has 8 heteroatoms. The van der Waals surface area contributed by atoms with E-state index in [-0.39, 0.29) is 30.0 Å². The number of amides is 2. The Labute approximate surface area is 180 Å². The van der Waals surface area contributed by atoms with Crippen LogP contribution >= 0.6 is 12.2 Å². The second-order valence-electron chi connectivity index (χ2n) is 6.79. The summed E-state index contributed by atoms with van der Waals surface area (Å²) in [5.41, 5.74) is 1.52. The summed E-state index contributed by atoms with van der Waals surface area (Å²) in [6, 6.07) is 17.5. The van der Waals surface area contributed by atoms with E-state index >= 15 is 0 Å². The van der Waals surface area contributed by atoms with Crippen LogP contribution in [0.4, 0.5) is 0 Å². The lowest BCUT2D eigenvalue weighted by Gasteiger charge is -2.36. The van der Waals surface area contributed by atoms with Crippen molar-refractivity contribution in [1.82, 2.24) is 15.5 Å². The maximum Gasteiger partial charge on any atom is 0.308 e. The highest BCUT2D eigenvalue weighted by Crippen LogP contribution is 2.12. The van der Waals surface area contributed by atoms with Crippen molar-refractivity contribution in [2.45, 2.75) is 18.9 Å². The molecular weight excluding hydrogens is 402 g/mol. The van der Waals surface area contributed by atoms with Crippen LogP contribution in [-0.4, -0.2) is 53.5 Å². The van der Waals surface area contributed by atoms with Gasteiger partial charge < -0.3 is 15.0 Å². The molecular formula is C22H23N3O4S. The summed E-state index contributed by atoms with van der Waals surface area (Å²) in [6.45, 7) is 0.994. The first-order valence-electron chi connectivity index (χ1n) is 9.69. The zero-order valence-electron chi connectivity index (χ0n) is 16.4. The van der Waals surface area contributed by atoms with Gasteiger partial charge in [0.25, 0.3) is 5.91 Å². The first kappa shape index (κ1) is 21.4. The minimum absolute atomic E-state index is 0.112. The minimum Gasteiger partial charge on any atom is -0.465 e. The molecule has 0 radical (unpaired) electrons.